The Morgan fingerprint density at radius 2 is 2.36 bits per heavy atom. The van der Waals surface area contributed by atoms with E-state index < -0.39 is 5.97 Å². The van der Waals surface area contributed by atoms with Crippen molar-refractivity contribution in [1.29, 1.82) is 0 Å². The molecule has 0 amide bonds. The van der Waals surface area contributed by atoms with Gasteiger partial charge in [-0.15, -0.1) is 0 Å². The standard InChI is InChI=1S/C10H19NO3/c1-10(2)6-7(3-4-14-10)8(11)5-9(12)13/h7-8H,3-6,11H2,1-2H3,(H,12,13)/t7-,8-/m1/s1. The van der Waals surface area contributed by atoms with Crippen LogP contribution < -0.4 is 5.73 Å². The first-order chi connectivity index (χ1) is 6.41. The van der Waals surface area contributed by atoms with Crippen LogP contribution in [0.1, 0.15) is 33.1 Å². The van der Waals surface area contributed by atoms with E-state index in [2.05, 4.69) is 0 Å². The summed E-state index contributed by atoms with van der Waals surface area (Å²) in [5.74, 6) is -0.545. The SMILES string of the molecule is CC1(C)C[C@H]([C@H](N)CC(=O)O)CCO1. The molecular formula is C10H19NO3. The second-order valence-corrected chi connectivity index (χ2v) is 4.62. The maximum Gasteiger partial charge on any atom is 0.304 e. The average molecular weight is 201 g/mol. The van der Waals surface area contributed by atoms with Gasteiger partial charge in [0.25, 0.3) is 0 Å². The molecular weight excluding hydrogens is 182 g/mol. The molecule has 3 N–H and O–H groups in total. The zero-order valence-electron chi connectivity index (χ0n) is 8.82. The lowest BCUT2D eigenvalue weighted by Crippen LogP contribution is -2.42. The molecule has 82 valence electrons. The molecule has 1 saturated heterocycles. The van der Waals surface area contributed by atoms with Gasteiger partial charge in [0, 0.05) is 12.6 Å². The van der Waals surface area contributed by atoms with Crippen molar-refractivity contribution in [2.24, 2.45) is 11.7 Å². The molecule has 2 atom stereocenters. The second-order valence-electron chi connectivity index (χ2n) is 4.62. The number of carbonyl (C=O) groups is 1. The van der Waals surface area contributed by atoms with Crippen LogP contribution >= 0.6 is 0 Å². The average Bonchev–Trinajstić information content (AvgIpc) is 2.01. The van der Waals surface area contributed by atoms with E-state index >= 15 is 0 Å². The zero-order chi connectivity index (χ0) is 10.8. The smallest absolute Gasteiger partial charge is 0.304 e. The lowest BCUT2D eigenvalue weighted by Gasteiger charge is -2.37. The number of hydrogen-bond donors (Lipinski definition) is 2. The summed E-state index contributed by atoms with van der Waals surface area (Å²) >= 11 is 0. The Morgan fingerprint density at radius 1 is 1.71 bits per heavy atom. The van der Waals surface area contributed by atoms with Gasteiger partial charge in [-0.3, -0.25) is 4.79 Å². The number of ether oxygens (including phenoxy) is 1. The molecule has 1 aliphatic heterocycles. The van der Waals surface area contributed by atoms with Gasteiger partial charge in [0.2, 0.25) is 0 Å². The van der Waals surface area contributed by atoms with E-state index in [0.717, 1.165) is 12.8 Å². The lowest BCUT2D eigenvalue weighted by atomic mass is 9.82. The fraction of sp³-hybridized carbons (Fsp3) is 0.900. The minimum atomic E-state index is -0.818. The van der Waals surface area contributed by atoms with Gasteiger partial charge in [-0.2, -0.15) is 0 Å². The van der Waals surface area contributed by atoms with Crippen molar-refractivity contribution in [3.8, 4) is 0 Å². The largest absolute Gasteiger partial charge is 0.481 e. The Labute approximate surface area is 84.4 Å². The highest BCUT2D eigenvalue weighted by atomic mass is 16.5. The first-order valence-corrected chi connectivity index (χ1v) is 5.02. The van der Waals surface area contributed by atoms with Crippen molar-refractivity contribution in [2.75, 3.05) is 6.61 Å². The van der Waals surface area contributed by atoms with Gasteiger partial charge in [0.1, 0.15) is 0 Å². The third-order valence-corrected chi connectivity index (χ3v) is 2.75. The molecule has 0 radical (unpaired) electrons. The minimum absolute atomic E-state index is 0.0563. The molecule has 4 nitrogen and oxygen atoms in total. The normalized spacial score (nSPS) is 28.4. The summed E-state index contributed by atoms with van der Waals surface area (Å²) in [4.78, 5) is 10.5. The predicted molar refractivity (Wildman–Crippen MR) is 53.0 cm³/mol. The van der Waals surface area contributed by atoms with Gasteiger partial charge < -0.3 is 15.6 Å². The van der Waals surface area contributed by atoms with Gasteiger partial charge in [0.05, 0.1) is 12.0 Å². The van der Waals surface area contributed by atoms with Crippen LogP contribution in [0.4, 0.5) is 0 Å². The van der Waals surface area contributed by atoms with Gasteiger partial charge in [-0.1, -0.05) is 0 Å². The number of carboxylic acid groups (broad SMARTS) is 1. The van der Waals surface area contributed by atoms with E-state index in [1.54, 1.807) is 0 Å². The van der Waals surface area contributed by atoms with Gasteiger partial charge >= 0.3 is 5.97 Å². The maximum atomic E-state index is 10.5. The summed E-state index contributed by atoms with van der Waals surface area (Å²) in [7, 11) is 0. The lowest BCUT2D eigenvalue weighted by molar-refractivity contribution is -0.138. The zero-order valence-corrected chi connectivity index (χ0v) is 8.82. The quantitative estimate of drug-likeness (QED) is 0.714. The molecule has 0 bridgehead atoms. The Bertz CT molecular complexity index is 215. The Morgan fingerprint density at radius 3 is 2.86 bits per heavy atom. The number of aliphatic carboxylic acids is 1. The van der Waals surface area contributed by atoms with E-state index in [9.17, 15) is 4.79 Å². The van der Waals surface area contributed by atoms with E-state index in [1.807, 2.05) is 13.8 Å². The molecule has 0 unspecified atom stereocenters. The Balaban J connectivity index is 2.47. The fourth-order valence-corrected chi connectivity index (χ4v) is 2.01. The summed E-state index contributed by atoms with van der Waals surface area (Å²) < 4.78 is 5.55. The first-order valence-electron chi connectivity index (χ1n) is 5.02. The predicted octanol–water partition coefficient (Wildman–Crippen LogP) is 0.994. The third kappa shape index (κ3) is 3.27. The molecule has 0 aliphatic carbocycles. The van der Waals surface area contributed by atoms with Crippen LogP contribution in [0.15, 0.2) is 0 Å². The summed E-state index contributed by atoms with van der Waals surface area (Å²) in [6.07, 6.45) is 1.78. The summed E-state index contributed by atoms with van der Waals surface area (Å²) in [6, 6.07) is -0.240. The van der Waals surface area contributed by atoms with Crippen molar-refractivity contribution >= 4 is 5.97 Å². The third-order valence-electron chi connectivity index (χ3n) is 2.75. The molecule has 1 fully saturated rings. The van der Waals surface area contributed by atoms with Crippen molar-refractivity contribution in [2.45, 2.75) is 44.8 Å². The first kappa shape index (κ1) is 11.5. The molecule has 0 saturated carbocycles. The van der Waals surface area contributed by atoms with Crippen molar-refractivity contribution in [3.63, 3.8) is 0 Å². The van der Waals surface area contributed by atoms with Crippen molar-refractivity contribution in [1.82, 2.24) is 0 Å². The molecule has 1 rings (SSSR count). The topological polar surface area (TPSA) is 72.6 Å². The van der Waals surface area contributed by atoms with Crippen molar-refractivity contribution in [3.05, 3.63) is 0 Å². The molecule has 0 spiro atoms. The second kappa shape index (κ2) is 4.28. The molecule has 14 heavy (non-hydrogen) atoms. The summed E-state index contributed by atoms with van der Waals surface area (Å²) in [6.45, 7) is 4.73. The number of rotatable bonds is 3. The molecule has 0 aromatic carbocycles. The highest BCUT2D eigenvalue weighted by Gasteiger charge is 2.32. The maximum absolute atomic E-state index is 10.5. The van der Waals surface area contributed by atoms with E-state index in [-0.39, 0.29) is 24.0 Å². The molecule has 1 aliphatic rings. The van der Waals surface area contributed by atoms with E-state index in [0.29, 0.717) is 6.61 Å². The molecule has 1 heterocycles. The monoisotopic (exact) mass is 201 g/mol. The van der Waals surface area contributed by atoms with Crippen LogP contribution in [-0.4, -0.2) is 29.3 Å². The summed E-state index contributed by atoms with van der Waals surface area (Å²) in [5, 5.41) is 8.63. The van der Waals surface area contributed by atoms with Crippen LogP contribution in [0.5, 0.6) is 0 Å². The van der Waals surface area contributed by atoms with E-state index in [4.69, 9.17) is 15.6 Å². The van der Waals surface area contributed by atoms with Gasteiger partial charge in [-0.25, -0.2) is 0 Å². The van der Waals surface area contributed by atoms with E-state index in [1.165, 1.54) is 0 Å². The van der Waals surface area contributed by atoms with Crippen LogP contribution in [0.3, 0.4) is 0 Å². The van der Waals surface area contributed by atoms with Crippen LogP contribution in [-0.2, 0) is 9.53 Å². The minimum Gasteiger partial charge on any atom is -0.481 e. The van der Waals surface area contributed by atoms with Crippen LogP contribution in [0.2, 0.25) is 0 Å². The highest BCUT2D eigenvalue weighted by Crippen LogP contribution is 2.30. The van der Waals surface area contributed by atoms with Crippen LogP contribution in [0.25, 0.3) is 0 Å². The summed E-state index contributed by atoms with van der Waals surface area (Å²) in [5.41, 5.74) is 5.68. The Hall–Kier alpha value is -0.610. The number of nitrogens with two attached hydrogens (primary N) is 1. The fourth-order valence-electron chi connectivity index (χ4n) is 2.01. The molecule has 0 aromatic heterocycles. The molecule has 0 aromatic rings. The van der Waals surface area contributed by atoms with Gasteiger partial charge in [0.15, 0.2) is 0 Å². The number of hydrogen-bond acceptors (Lipinski definition) is 3. The van der Waals surface area contributed by atoms with Gasteiger partial charge in [-0.05, 0) is 32.6 Å². The number of carboxylic acids is 1. The molecule has 4 heteroatoms. The Kier molecular flexibility index (Phi) is 3.50. The van der Waals surface area contributed by atoms with Crippen molar-refractivity contribution < 1.29 is 14.6 Å². The highest BCUT2D eigenvalue weighted by molar-refractivity contribution is 5.67. The van der Waals surface area contributed by atoms with Crippen LogP contribution in [0, 0.1) is 5.92 Å².